The quantitative estimate of drug-likeness (QED) is 0.326. The summed E-state index contributed by atoms with van der Waals surface area (Å²) in [5.74, 6) is 0. The van der Waals surface area contributed by atoms with E-state index in [2.05, 4.69) is 73.7 Å². The normalized spacial score (nSPS) is 12.6. The summed E-state index contributed by atoms with van der Waals surface area (Å²) in [6, 6.07) is 16.9. The molecule has 122 valence electrons. The van der Waals surface area contributed by atoms with Gasteiger partial charge in [0.1, 0.15) is 0 Å². The van der Waals surface area contributed by atoms with Crippen LogP contribution in [0.5, 0.6) is 0 Å². The molecule has 1 heterocycles. The van der Waals surface area contributed by atoms with Gasteiger partial charge in [0.25, 0.3) is 0 Å². The monoisotopic (exact) mass is 324 g/mol. The molecule has 0 amide bonds. The van der Waals surface area contributed by atoms with Crippen molar-refractivity contribution in [3.8, 4) is 0 Å². The van der Waals surface area contributed by atoms with E-state index in [0.717, 1.165) is 39.5 Å². The van der Waals surface area contributed by atoms with Crippen molar-refractivity contribution < 1.29 is 0 Å². The van der Waals surface area contributed by atoms with Crippen LogP contribution in [0.3, 0.4) is 0 Å². The van der Waals surface area contributed by atoms with Crippen molar-refractivity contribution in [3.05, 3.63) is 78.6 Å². The summed E-state index contributed by atoms with van der Waals surface area (Å²) in [6.07, 6.45) is 9.26. The molecule has 0 fully saturated rings. The van der Waals surface area contributed by atoms with Gasteiger partial charge in [0, 0.05) is 10.8 Å². The first kappa shape index (κ1) is 15.5. The Labute approximate surface area is 147 Å². The fraction of sp³-hybridized carbons (Fsp3) is 0.130. The van der Waals surface area contributed by atoms with Gasteiger partial charge >= 0.3 is 0 Å². The van der Waals surface area contributed by atoms with E-state index in [4.69, 9.17) is 9.97 Å². The minimum absolute atomic E-state index is 0.917. The van der Waals surface area contributed by atoms with Crippen LogP contribution in [-0.4, -0.2) is 9.97 Å². The average Bonchev–Trinajstić information content (AvgIpc) is 2.69. The SMILES string of the molecule is C/C=C(\C=C/CC)c1cnc2c3ccccc3c3ccccc3c2n1. The van der Waals surface area contributed by atoms with E-state index in [-0.39, 0.29) is 0 Å². The number of allylic oxidation sites excluding steroid dienone is 4. The molecule has 0 N–H and O–H groups in total. The maximum absolute atomic E-state index is 5.00. The van der Waals surface area contributed by atoms with Crippen molar-refractivity contribution in [1.29, 1.82) is 0 Å². The highest BCUT2D eigenvalue weighted by molar-refractivity contribution is 6.23. The molecule has 2 heteroatoms. The summed E-state index contributed by atoms with van der Waals surface area (Å²) in [7, 11) is 0. The number of fused-ring (bicyclic) bond motifs is 6. The van der Waals surface area contributed by atoms with Crippen molar-refractivity contribution in [2.45, 2.75) is 20.3 Å². The van der Waals surface area contributed by atoms with Gasteiger partial charge in [0.15, 0.2) is 0 Å². The third-order valence-electron chi connectivity index (χ3n) is 4.57. The Morgan fingerprint density at radius 3 is 2.08 bits per heavy atom. The summed E-state index contributed by atoms with van der Waals surface area (Å²) in [6.45, 7) is 4.18. The highest BCUT2D eigenvalue weighted by Gasteiger charge is 2.11. The van der Waals surface area contributed by atoms with Gasteiger partial charge in [-0.1, -0.05) is 73.7 Å². The predicted molar refractivity (Wildman–Crippen MR) is 108 cm³/mol. The molecule has 0 saturated heterocycles. The molecule has 0 unspecified atom stereocenters. The summed E-state index contributed by atoms with van der Waals surface area (Å²) in [5, 5.41) is 4.76. The standard InChI is InChI=1S/C23H20N2/c1-3-5-10-16(4-2)21-15-24-22-19-13-8-6-11-17(19)18-12-7-9-14-20(18)23(22)25-21/h4-15H,3H2,1-2H3/b10-5-,16-4+. The molecule has 0 spiro atoms. The summed E-state index contributed by atoms with van der Waals surface area (Å²) in [5.41, 5.74) is 3.96. The molecular formula is C23H20N2. The van der Waals surface area contributed by atoms with Gasteiger partial charge in [0.05, 0.1) is 22.9 Å². The minimum Gasteiger partial charge on any atom is -0.252 e. The van der Waals surface area contributed by atoms with Crippen LogP contribution < -0.4 is 0 Å². The lowest BCUT2D eigenvalue weighted by molar-refractivity contribution is 1.22. The van der Waals surface area contributed by atoms with Crippen LogP contribution >= 0.6 is 0 Å². The summed E-state index contributed by atoms with van der Waals surface area (Å²) < 4.78 is 0. The number of hydrogen-bond acceptors (Lipinski definition) is 2. The summed E-state index contributed by atoms with van der Waals surface area (Å²) in [4.78, 5) is 9.79. The molecule has 25 heavy (non-hydrogen) atoms. The Kier molecular flexibility index (Phi) is 4.02. The van der Waals surface area contributed by atoms with Crippen LogP contribution in [0.1, 0.15) is 26.0 Å². The highest BCUT2D eigenvalue weighted by atomic mass is 14.8. The molecular weight excluding hydrogens is 304 g/mol. The van der Waals surface area contributed by atoms with Crippen LogP contribution in [0.2, 0.25) is 0 Å². The first-order valence-electron chi connectivity index (χ1n) is 8.73. The van der Waals surface area contributed by atoms with Gasteiger partial charge in [0.2, 0.25) is 0 Å². The minimum atomic E-state index is 0.917. The van der Waals surface area contributed by atoms with Gasteiger partial charge in [-0.05, 0) is 29.7 Å². The molecule has 1 aromatic heterocycles. The van der Waals surface area contributed by atoms with Crippen molar-refractivity contribution in [3.63, 3.8) is 0 Å². The van der Waals surface area contributed by atoms with E-state index in [1.165, 1.54) is 10.8 Å². The lowest BCUT2D eigenvalue weighted by Crippen LogP contribution is -1.94. The Morgan fingerprint density at radius 1 is 0.880 bits per heavy atom. The van der Waals surface area contributed by atoms with Gasteiger partial charge in [-0.25, -0.2) is 4.98 Å². The Hall–Kier alpha value is -3.00. The van der Waals surface area contributed by atoms with E-state index >= 15 is 0 Å². The molecule has 0 aliphatic rings. The van der Waals surface area contributed by atoms with Crippen molar-refractivity contribution >= 4 is 38.2 Å². The van der Waals surface area contributed by atoms with E-state index in [0.29, 0.717) is 0 Å². The molecule has 0 aliphatic carbocycles. The van der Waals surface area contributed by atoms with Crippen molar-refractivity contribution in [2.75, 3.05) is 0 Å². The van der Waals surface area contributed by atoms with E-state index in [9.17, 15) is 0 Å². The Bertz CT molecular complexity index is 1100. The van der Waals surface area contributed by atoms with Gasteiger partial charge in [-0.3, -0.25) is 4.98 Å². The summed E-state index contributed by atoms with van der Waals surface area (Å²) >= 11 is 0. The molecule has 4 aromatic rings. The second kappa shape index (κ2) is 6.48. The maximum atomic E-state index is 5.00. The lowest BCUT2D eigenvalue weighted by Gasteiger charge is -2.10. The van der Waals surface area contributed by atoms with Gasteiger partial charge in [-0.15, -0.1) is 0 Å². The second-order valence-corrected chi connectivity index (χ2v) is 6.10. The smallest absolute Gasteiger partial charge is 0.0979 e. The molecule has 0 saturated carbocycles. The molecule has 0 radical (unpaired) electrons. The van der Waals surface area contributed by atoms with Crippen LogP contribution in [0.4, 0.5) is 0 Å². The van der Waals surface area contributed by atoms with Crippen LogP contribution in [0.15, 0.2) is 73.0 Å². The van der Waals surface area contributed by atoms with Crippen molar-refractivity contribution in [2.24, 2.45) is 0 Å². The zero-order valence-electron chi connectivity index (χ0n) is 14.5. The van der Waals surface area contributed by atoms with E-state index < -0.39 is 0 Å². The molecule has 2 nitrogen and oxygen atoms in total. The first-order valence-corrected chi connectivity index (χ1v) is 8.73. The molecule has 0 bridgehead atoms. The third kappa shape index (κ3) is 2.60. The Morgan fingerprint density at radius 2 is 1.48 bits per heavy atom. The van der Waals surface area contributed by atoms with Gasteiger partial charge < -0.3 is 0 Å². The number of nitrogens with zero attached hydrogens (tertiary/aromatic N) is 2. The Balaban J connectivity index is 2.10. The fourth-order valence-corrected chi connectivity index (χ4v) is 3.34. The largest absolute Gasteiger partial charge is 0.252 e. The molecule has 3 aromatic carbocycles. The van der Waals surface area contributed by atoms with Crippen LogP contribution in [-0.2, 0) is 0 Å². The number of hydrogen-bond donors (Lipinski definition) is 0. The molecule has 0 aliphatic heterocycles. The van der Waals surface area contributed by atoms with E-state index in [1.807, 2.05) is 13.1 Å². The maximum Gasteiger partial charge on any atom is 0.0979 e. The number of benzene rings is 3. The predicted octanol–water partition coefficient (Wildman–Crippen LogP) is 6.31. The fourth-order valence-electron chi connectivity index (χ4n) is 3.34. The third-order valence-corrected chi connectivity index (χ3v) is 4.57. The second-order valence-electron chi connectivity index (χ2n) is 6.10. The van der Waals surface area contributed by atoms with Crippen molar-refractivity contribution in [1.82, 2.24) is 9.97 Å². The average molecular weight is 324 g/mol. The lowest BCUT2D eigenvalue weighted by atomic mass is 9.99. The topological polar surface area (TPSA) is 25.8 Å². The first-order chi connectivity index (χ1) is 12.3. The molecule has 0 atom stereocenters. The zero-order valence-corrected chi connectivity index (χ0v) is 14.5. The van der Waals surface area contributed by atoms with Gasteiger partial charge in [-0.2, -0.15) is 0 Å². The van der Waals surface area contributed by atoms with E-state index in [1.54, 1.807) is 0 Å². The number of aromatic nitrogens is 2. The molecule has 4 rings (SSSR count). The highest BCUT2D eigenvalue weighted by Crippen LogP contribution is 2.33. The number of rotatable bonds is 3. The zero-order chi connectivity index (χ0) is 17.2. The van der Waals surface area contributed by atoms with Crippen LogP contribution in [0, 0.1) is 0 Å². The van der Waals surface area contributed by atoms with Crippen LogP contribution in [0.25, 0.3) is 38.2 Å².